The molecule has 2 rings (SSSR count). The minimum Gasteiger partial charge on any atom is -0.406 e. The van der Waals surface area contributed by atoms with Gasteiger partial charge in [0.05, 0.1) is 5.39 Å². The van der Waals surface area contributed by atoms with Gasteiger partial charge in [-0.15, -0.1) is 0 Å². The largest absolute Gasteiger partial charge is 0.406 e. The minimum absolute atomic E-state index is 0.372. The highest BCUT2D eigenvalue weighted by Gasteiger charge is 1.89. The highest BCUT2D eigenvalue weighted by Crippen LogP contribution is 2.02. The Labute approximate surface area is 63.1 Å². The van der Waals surface area contributed by atoms with Crippen molar-refractivity contribution in [2.45, 2.75) is 0 Å². The molecular weight excluding hydrogens is 140 g/mol. The first-order valence-electron chi connectivity index (χ1n) is 3.02. The SMILES string of the molecule is O=c1c#cc2ccc#cc2o1. The predicted molar refractivity (Wildman–Crippen MR) is 37.8 cm³/mol. The van der Waals surface area contributed by atoms with E-state index in [1.807, 2.05) is 0 Å². The summed E-state index contributed by atoms with van der Waals surface area (Å²) in [4.78, 5) is 10.6. The average molecular weight is 142 g/mol. The first-order chi connectivity index (χ1) is 5.36. The summed E-state index contributed by atoms with van der Waals surface area (Å²) in [5.41, 5.74) is -0.162. The molecule has 0 atom stereocenters. The van der Waals surface area contributed by atoms with Crippen LogP contribution in [0.25, 0.3) is 11.0 Å². The third-order valence-corrected chi connectivity index (χ3v) is 1.26. The van der Waals surface area contributed by atoms with Gasteiger partial charge in [-0.1, -0.05) is 12.1 Å². The van der Waals surface area contributed by atoms with Crippen molar-refractivity contribution in [3.05, 3.63) is 46.8 Å². The Balaban J connectivity index is 2.94. The summed E-state index contributed by atoms with van der Waals surface area (Å²) >= 11 is 0. The second kappa shape index (κ2) is 2.04. The van der Waals surface area contributed by atoms with Gasteiger partial charge in [-0.05, 0) is 18.2 Å². The van der Waals surface area contributed by atoms with Gasteiger partial charge in [0, 0.05) is 6.07 Å². The zero-order chi connectivity index (χ0) is 7.68. The van der Waals surface area contributed by atoms with Gasteiger partial charge < -0.3 is 4.42 Å². The third-order valence-electron chi connectivity index (χ3n) is 1.26. The summed E-state index contributed by atoms with van der Waals surface area (Å²) in [6.45, 7) is 0. The molecular formula is C9H2O2. The molecule has 0 bridgehead atoms. The van der Waals surface area contributed by atoms with Gasteiger partial charge in [-0.2, -0.15) is 0 Å². The van der Waals surface area contributed by atoms with Crippen molar-refractivity contribution in [2.75, 3.05) is 0 Å². The summed E-state index contributed by atoms with van der Waals surface area (Å²) in [5.74, 6) is 0. The first kappa shape index (κ1) is 5.82. The van der Waals surface area contributed by atoms with E-state index in [9.17, 15) is 4.79 Å². The number of rotatable bonds is 0. The number of hydrogen-bond donors (Lipinski definition) is 0. The van der Waals surface area contributed by atoms with E-state index in [1.165, 1.54) is 0 Å². The summed E-state index contributed by atoms with van der Waals surface area (Å²) in [6.07, 6.45) is 0. The van der Waals surface area contributed by atoms with Gasteiger partial charge in [0.2, 0.25) is 0 Å². The first-order valence-corrected chi connectivity index (χ1v) is 3.02. The Morgan fingerprint density at radius 2 is 2.18 bits per heavy atom. The molecule has 50 valence electrons. The molecule has 2 aromatic rings. The monoisotopic (exact) mass is 142 g/mol. The van der Waals surface area contributed by atoms with Gasteiger partial charge in [0.15, 0.2) is 5.58 Å². The number of fused-ring (bicyclic) bond motifs is 1. The molecule has 1 heterocycles. The molecule has 1 aromatic heterocycles. The second-order valence-electron chi connectivity index (χ2n) is 1.98. The maximum absolute atomic E-state index is 10.6. The maximum Gasteiger partial charge on any atom is 0.390 e. The maximum atomic E-state index is 10.6. The van der Waals surface area contributed by atoms with E-state index in [0.29, 0.717) is 11.0 Å². The fraction of sp³-hybridized carbons (Fsp3) is 0. The van der Waals surface area contributed by atoms with Crippen molar-refractivity contribution in [3.63, 3.8) is 0 Å². The smallest absolute Gasteiger partial charge is 0.390 e. The van der Waals surface area contributed by atoms with Crippen LogP contribution in [0.2, 0.25) is 0 Å². The molecule has 11 heavy (non-hydrogen) atoms. The Kier molecular flexibility index (Phi) is 1.08. The van der Waals surface area contributed by atoms with E-state index >= 15 is 0 Å². The van der Waals surface area contributed by atoms with Crippen molar-refractivity contribution >= 4 is 11.0 Å². The zero-order valence-electron chi connectivity index (χ0n) is 5.47. The molecule has 0 aliphatic rings. The summed E-state index contributed by atoms with van der Waals surface area (Å²) in [5, 5.41) is 0.684. The topological polar surface area (TPSA) is 30.2 Å². The van der Waals surface area contributed by atoms with Gasteiger partial charge >= 0.3 is 5.63 Å². The third kappa shape index (κ3) is 0.911. The molecule has 2 nitrogen and oxygen atoms in total. The quantitative estimate of drug-likeness (QED) is 0.549. The molecule has 0 saturated carbocycles. The molecule has 0 spiro atoms. The zero-order valence-corrected chi connectivity index (χ0v) is 5.47. The standard InChI is InChI=1S/C9H2O2/c10-9-6-5-7-3-1-2-4-8(7)11-9/h1,3H. The molecule has 0 amide bonds. The summed E-state index contributed by atoms with van der Waals surface area (Å²) in [6, 6.07) is 13.7. The van der Waals surface area contributed by atoms with Crippen LogP contribution < -0.4 is 5.63 Å². The van der Waals surface area contributed by atoms with Crippen LogP contribution in [-0.4, -0.2) is 0 Å². The fourth-order valence-corrected chi connectivity index (χ4v) is 0.791. The van der Waals surface area contributed by atoms with Crippen LogP contribution in [-0.2, 0) is 0 Å². The van der Waals surface area contributed by atoms with Crippen LogP contribution in [0, 0.1) is 24.3 Å². The van der Waals surface area contributed by atoms with Crippen LogP contribution in [0.15, 0.2) is 21.3 Å². The summed E-state index contributed by atoms with van der Waals surface area (Å²) < 4.78 is 4.73. The molecule has 0 aliphatic carbocycles. The average Bonchev–Trinajstić information content (AvgIpc) is 2.04. The van der Waals surface area contributed by atoms with Crippen molar-refractivity contribution in [1.29, 1.82) is 0 Å². The molecule has 0 saturated heterocycles. The highest BCUT2D eigenvalue weighted by atomic mass is 16.4. The van der Waals surface area contributed by atoms with Crippen molar-refractivity contribution in [2.24, 2.45) is 0 Å². The highest BCUT2D eigenvalue weighted by molar-refractivity contribution is 5.71. The van der Waals surface area contributed by atoms with Gasteiger partial charge in [0.25, 0.3) is 0 Å². The lowest BCUT2D eigenvalue weighted by Gasteiger charge is -1.82. The number of hydrogen-bond acceptors (Lipinski definition) is 2. The van der Waals surface area contributed by atoms with E-state index in [1.54, 1.807) is 12.1 Å². The summed E-state index contributed by atoms with van der Waals surface area (Å²) in [7, 11) is 0. The molecule has 0 N–H and O–H groups in total. The van der Waals surface area contributed by atoms with Crippen molar-refractivity contribution in [1.82, 2.24) is 0 Å². The van der Waals surface area contributed by atoms with Crippen LogP contribution in [0.3, 0.4) is 0 Å². The molecule has 0 unspecified atom stereocenters. The molecule has 0 fully saturated rings. The second-order valence-corrected chi connectivity index (χ2v) is 1.98. The van der Waals surface area contributed by atoms with E-state index in [0.717, 1.165) is 0 Å². The molecule has 2 heteroatoms. The van der Waals surface area contributed by atoms with Gasteiger partial charge in [0.1, 0.15) is 0 Å². The van der Waals surface area contributed by atoms with Crippen molar-refractivity contribution in [3.8, 4) is 0 Å². The Morgan fingerprint density at radius 3 is 3.09 bits per heavy atom. The normalized spacial score (nSPS) is 8.73. The van der Waals surface area contributed by atoms with E-state index < -0.39 is 5.63 Å². The Hall–Kier alpha value is -1.93. The van der Waals surface area contributed by atoms with Gasteiger partial charge in [-0.25, -0.2) is 4.79 Å². The van der Waals surface area contributed by atoms with E-state index in [-0.39, 0.29) is 0 Å². The minimum atomic E-state index is -0.534. The lowest BCUT2D eigenvalue weighted by molar-refractivity contribution is 0.562. The lowest BCUT2D eigenvalue weighted by atomic mass is 10.3. The Bertz CT molecular complexity index is 429. The van der Waals surface area contributed by atoms with Crippen LogP contribution in [0.1, 0.15) is 0 Å². The van der Waals surface area contributed by atoms with E-state index in [2.05, 4.69) is 24.3 Å². The Morgan fingerprint density at radius 1 is 1.27 bits per heavy atom. The predicted octanol–water partition coefficient (Wildman–Crippen LogP) is 0.994. The van der Waals surface area contributed by atoms with Gasteiger partial charge in [-0.3, -0.25) is 0 Å². The molecule has 0 radical (unpaired) electrons. The molecule has 1 aromatic carbocycles. The van der Waals surface area contributed by atoms with Crippen LogP contribution in [0.4, 0.5) is 0 Å². The molecule has 0 aliphatic heterocycles. The van der Waals surface area contributed by atoms with Crippen LogP contribution >= 0.6 is 0 Å². The fourth-order valence-electron chi connectivity index (χ4n) is 0.791. The van der Waals surface area contributed by atoms with Crippen molar-refractivity contribution < 1.29 is 4.42 Å². The lowest BCUT2D eigenvalue weighted by Crippen LogP contribution is -1.90. The van der Waals surface area contributed by atoms with E-state index in [4.69, 9.17) is 4.42 Å². The van der Waals surface area contributed by atoms with Crippen LogP contribution in [0.5, 0.6) is 0 Å².